The van der Waals surface area contributed by atoms with Crippen LogP contribution in [0.4, 0.5) is 0 Å². The number of hydrogen-bond acceptors (Lipinski definition) is 3. The third kappa shape index (κ3) is 1.81. The zero-order valence-electron chi connectivity index (χ0n) is 8.31. The van der Waals surface area contributed by atoms with Crippen LogP contribution in [0.1, 0.15) is 24.7 Å². The fourth-order valence-corrected chi connectivity index (χ4v) is 4.91. The second-order valence-corrected chi connectivity index (χ2v) is 7.06. The molecule has 1 fully saturated rings. The molecule has 0 saturated carbocycles. The summed E-state index contributed by atoms with van der Waals surface area (Å²) in [6.45, 7) is 4.19. The van der Waals surface area contributed by atoms with Crippen LogP contribution in [0.2, 0.25) is 0 Å². The average molecular weight is 226 g/mol. The number of benzene rings is 1. The summed E-state index contributed by atoms with van der Waals surface area (Å²) in [7, 11) is 3.55. The molecular formula is C11H14OS2. The van der Waals surface area contributed by atoms with Crippen molar-refractivity contribution < 1.29 is 5.11 Å². The molecule has 1 aliphatic rings. The van der Waals surface area contributed by atoms with E-state index in [9.17, 15) is 5.11 Å². The molecule has 1 nitrogen and oxygen atoms in total. The van der Waals surface area contributed by atoms with E-state index in [1.165, 1.54) is 5.56 Å². The fraction of sp³-hybridized carbons (Fsp3) is 0.455. The molecule has 0 aliphatic carbocycles. The molecule has 2 rings (SSSR count). The van der Waals surface area contributed by atoms with E-state index < -0.39 is 0 Å². The average Bonchev–Trinajstić information content (AvgIpc) is 2.44. The Morgan fingerprint density at radius 1 is 1.21 bits per heavy atom. The number of aliphatic hydroxyl groups excluding tert-OH is 1. The predicted octanol–water partition coefficient (Wildman–Crippen LogP) is 3.26. The maximum Gasteiger partial charge on any atom is 0.0857 e. The first-order chi connectivity index (χ1) is 6.61. The van der Waals surface area contributed by atoms with Crippen LogP contribution < -0.4 is 0 Å². The Kier molecular flexibility index (Phi) is 2.82. The summed E-state index contributed by atoms with van der Waals surface area (Å²) in [5.41, 5.74) is 1.23. The van der Waals surface area contributed by atoms with Gasteiger partial charge >= 0.3 is 0 Å². The van der Waals surface area contributed by atoms with Crippen molar-refractivity contribution >= 4 is 21.6 Å². The van der Waals surface area contributed by atoms with E-state index in [2.05, 4.69) is 26.0 Å². The van der Waals surface area contributed by atoms with E-state index in [1.54, 1.807) is 21.6 Å². The molecule has 3 heteroatoms. The highest BCUT2D eigenvalue weighted by Crippen LogP contribution is 2.57. The minimum atomic E-state index is -0.264. The lowest BCUT2D eigenvalue weighted by atomic mass is 9.98. The topological polar surface area (TPSA) is 20.2 Å². The van der Waals surface area contributed by atoms with Gasteiger partial charge < -0.3 is 5.11 Å². The van der Waals surface area contributed by atoms with Crippen molar-refractivity contribution in [3.63, 3.8) is 0 Å². The first kappa shape index (κ1) is 10.4. The van der Waals surface area contributed by atoms with E-state index in [-0.39, 0.29) is 16.1 Å². The molecule has 1 aromatic carbocycles. The molecule has 14 heavy (non-hydrogen) atoms. The zero-order valence-corrected chi connectivity index (χ0v) is 9.94. The van der Waals surface area contributed by atoms with Crippen molar-refractivity contribution in [1.29, 1.82) is 0 Å². The quantitative estimate of drug-likeness (QED) is 0.742. The number of hydrogen-bond donors (Lipinski definition) is 1. The van der Waals surface area contributed by atoms with Crippen molar-refractivity contribution in [2.75, 3.05) is 0 Å². The molecule has 0 radical (unpaired) electrons. The third-order valence-electron chi connectivity index (χ3n) is 2.49. The highest BCUT2D eigenvalue weighted by molar-refractivity contribution is 8.77. The second kappa shape index (κ2) is 3.80. The normalized spacial score (nSPS) is 30.5. The summed E-state index contributed by atoms with van der Waals surface area (Å²) in [6, 6.07) is 10.2. The van der Waals surface area contributed by atoms with E-state index in [1.807, 2.05) is 18.2 Å². The number of aliphatic hydroxyl groups is 1. The van der Waals surface area contributed by atoms with Gasteiger partial charge in [0.15, 0.2) is 0 Å². The second-order valence-electron chi connectivity index (χ2n) is 4.06. The summed E-state index contributed by atoms with van der Waals surface area (Å²) < 4.78 is -0.0365. The first-order valence-electron chi connectivity index (χ1n) is 4.69. The summed E-state index contributed by atoms with van der Waals surface area (Å²) >= 11 is 0. The van der Waals surface area contributed by atoms with Gasteiger partial charge in [0, 0.05) is 4.75 Å². The minimum absolute atomic E-state index is 0.0365. The Morgan fingerprint density at radius 2 is 1.86 bits per heavy atom. The van der Waals surface area contributed by atoms with Crippen LogP contribution in [0.15, 0.2) is 30.3 Å². The van der Waals surface area contributed by atoms with Gasteiger partial charge in [-0.3, -0.25) is 0 Å². The van der Waals surface area contributed by atoms with Gasteiger partial charge in [-0.2, -0.15) is 0 Å². The van der Waals surface area contributed by atoms with Crippen LogP contribution in [-0.4, -0.2) is 16.0 Å². The summed E-state index contributed by atoms with van der Waals surface area (Å²) in [6.07, 6.45) is -0.264. The molecule has 0 amide bonds. The third-order valence-corrected chi connectivity index (χ3v) is 6.20. The van der Waals surface area contributed by atoms with Crippen LogP contribution in [0, 0.1) is 0 Å². The predicted molar refractivity (Wildman–Crippen MR) is 64.5 cm³/mol. The molecule has 0 aromatic heterocycles. The fourth-order valence-electron chi connectivity index (χ4n) is 1.52. The molecule has 1 aliphatic heterocycles. The lowest BCUT2D eigenvalue weighted by molar-refractivity contribution is 0.143. The van der Waals surface area contributed by atoms with E-state index >= 15 is 0 Å². The molecular weight excluding hydrogens is 212 g/mol. The van der Waals surface area contributed by atoms with Crippen LogP contribution >= 0.6 is 21.6 Å². The lowest BCUT2D eigenvalue weighted by Gasteiger charge is -2.22. The van der Waals surface area contributed by atoms with Crippen LogP contribution in [0.3, 0.4) is 0 Å². The van der Waals surface area contributed by atoms with Crippen LogP contribution in [0.5, 0.6) is 0 Å². The van der Waals surface area contributed by atoms with Crippen LogP contribution in [0.25, 0.3) is 0 Å². The molecule has 0 bridgehead atoms. The molecule has 2 atom stereocenters. The van der Waals surface area contributed by atoms with Gasteiger partial charge in [0.1, 0.15) is 0 Å². The Morgan fingerprint density at radius 3 is 2.36 bits per heavy atom. The summed E-state index contributed by atoms with van der Waals surface area (Å²) in [4.78, 5) is 0. The smallest absolute Gasteiger partial charge is 0.0857 e. The molecule has 1 unspecified atom stereocenters. The molecule has 76 valence electrons. The maximum absolute atomic E-state index is 10.1. The van der Waals surface area contributed by atoms with Crippen molar-refractivity contribution in [1.82, 2.24) is 0 Å². The molecule has 1 N–H and O–H groups in total. The minimum Gasteiger partial charge on any atom is -0.390 e. The van der Waals surface area contributed by atoms with E-state index in [4.69, 9.17) is 0 Å². The van der Waals surface area contributed by atoms with Gasteiger partial charge in [-0.1, -0.05) is 51.9 Å². The van der Waals surface area contributed by atoms with Crippen LogP contribution in [-0.2, 0) is 0 Å². The Balaban J connectivity index is 2.23. The van der Waals surface area contributed by atoms with Gasteiger partial charge in [-0.25, -0.2) is 0 Å². The van der Waals surface area contributed by atoms with Crippen molar-refractivity contribution in [3.8, 4) is 0 Å². The Hall–Kier alpha value is -0.120. The highest BCUT2D eigenvalue weighted by Gasteiger charge is 2.43. The first-order valence-corrected chi connectivity index (χ1v) is 6.90. The Labute approximate surface area is 92.7 Å². The lowest BCUT2D eigenvalue weighted by Crippen LogP contribution is -2.31. The summed E-state index contributed by atoms with van der Waals surface area (Å²) in [5, 5.41) is 10.3. The Bertz CT molecular complexity index is 310. The monoisotopic (exact) mass is 226 g/mol. The molecule has 1 heterocycles. The standard InChI is InChI=1S/C11H14OS2/c1-11(2)10(12)9(13-14-11)8-6-4-3-5-7-8/h3-7,9-10,12H,1-2H3/t9?,10-/m0/s1. The van der Waals surface area contributed by atoms with Crippen molar-refractivity contribution in [2.45, 2.75) is 29.9 Å². The van der Waals surface area contributed by atoms with Gasteiger partial charge in [0.2, 0.25) is 0 Å². The largest absolute Gasteiger partial charge is 0.390 e. The van der Waals surface area contributed by atoms with E-state index in [0.29, 0.717) is 0 Å². The maximum atomic E-state index is 10.1. The van der Waals surface area contributed by atoms with E-state index in [0.717, 1.165) is 0 Å². The van der Waals surface area contributed by atoms with Gasteiger partial charge in [-0.15, -0.1) is 0 Å². The number of rotatable bonds is 1. The summed E-state index contributed by atoms with van der Waals surface area (Å²) in [5.74, 6) is 0. The molecule has 1 aromatic rings. The molecule has 1 saturated heterocycles. The zero-order chi connectivity index (χ0) is 10.2. The van der Waals surface area contributed by atoms with Crippen molar-refractivity contribution in [2.24, 2.45) is 0 Å². The van der Waals surface area contributed by atoms with Gasteiger partial charge in [-0.05, 0) is 19.4 Å². The van der Waals surface area contributed by atoms with Gasteiger partial charge in [0.05, 0.1) is 11.4 Å². The SMILES string of the molecule is CC1(C)SSC(c2ccccc2)[C@@H]1O. The van der Waals surface area contributed by atoms with Gasteiger partial charge in [0.25, 0.3) is 0 Å². The molecule has 0 spiro atoms. The highest BCUT2D eigenvalue weighted by atomic mass is 33.1. The van der Waals surface area contributed by atoms with Crippen molar-refractivity contribution in [3.05, 3.63) is 35.9 Å².